The third kappa shape index (κ3) is 4.29. The molecule has 1 atom stereocenters. The second-order valence-corrected chi connectivity index (χ2v) is 9.51. The van der Waals surface area contributed by atoms with Crippen LogP contribution in [0, 0.1) is 5.92 Å². The van der Waals surface area contributed by atoms with Crippen molar-refractivity contribution in [3.05, 3.63) is 59.4 Å². The lowest BCUT2D eigenvalue weighted by Gasteiger charge is -2.33. The minimum absolute atomic E-state index is 0.0762. The molecule has 1 aromatic heterocycles. The molecule has 5 rings (SSSR count). The molecule has 2 amide bonds. The van der Waals surface area contributed by atoms with Crippen LogP contribution in [0.1, 0.15) is 43.9 Å². The number of carbonyl (C=O) groups excluding carboxylic acids is 1. The van der Waals surface area contributed by atoms with Gasteiger partial charge in [-0.1, -0.05) is 38.0 Å². The van der Waals surface area contributed by atoms with Gasteiger partial charge < -0.3 is 19.7 Å². The predicted molar refractivity (Wildman–Crippen MR) is 134 cm³/mol. The molecule has 6 heteroatoms. The number of nitrogens with one attached hydrogen (secondary N) is 1. The summed E-state index contributed by atoms with van der Waals surface area (Å²) in [5.41, 5.74) is 6.96. The number of hydrogen-bond donors (Lipinski definition) is 1. The van der Waals surface area contributed by atoms with Gasteiger partial charge in [-0.25, -0.2) is 4.79 Å². The summed E-state index contributed by atoms with van der Waals surface area (Å²) in [5.74, 6) is 1.68. The maximum Gasteiger partial charge on any atom is 0.317 e. The molecule has 1 N–H and O–H groups in total. The lowest BCUT2D eigenvalue weighted by molar-refractivity contribution is 0.191. The first-order chi connectivity index (χ1) is 16.6. The molecular weight excluding hydrogens is 426 g/mol. The maximum atomic E-state index is 12.8. The Morgan fingerprint density at radius 3 is 2.59 bits per heavy atom. The van der Waals surface area contributed by atoms with E-state index >= 15 is 0 Å². The van der Waals surface area contributed by atoms with E-state index in [1.165, 1.54) is 29.6 Å². The summed E-state index contributed by atoms with van der Waals surface area (Å²) in [7, 11) is 3.29. The SMILES string of the molecule is COc1ccc(-c2cnc3c(c2)C(C2=CCN(C(=O)NC4CCCC4)CC2C)=CC3)cc1OC. The van der Waals surface area contributed by atoms with Crippen LogP contribution in [0.3, 0.4) is 0 Å². The Morgan fingerprint density at radius 1 is 1.06 bits per heavy atom. The highest BCUT2D eigenvalue weighted by Gasteiger charge is 2.29. The summed E-state index contributed by atoms with van der Waals surface area (Å²) in [4.78, 5) is 19.5. The number of urea groups is 1. The van der Waals surface area contributed by atoms with Crippen LogP contribution in [0.15, 0.2) is 48.2 Å². The summed E-state index contributed by atoms with van der Waals surface area (Å²) in [5, 5.41) is 3.23. The quantitative estimate of drug-likeness (QED) is 0.665. The smallest absolute Gasteiger partial charge is 0.317 e. The number of methoxy groups -OCH3 is 2. The van der Waals surface area contributed by atoms with Crippen LogP contribution in [0.2, 0.25) is 0 Å². The van der Waals surface area contributed by atoms with Crippen LogP contribution in [0.4, 0.5) is 4.79 Å². The standard InChI is InChI=1S/C28H33N3O3/c1-18-17-31(28(32)30-21-6-4-5-7-21)13-12-22(18)23-9-10-25-24(23)14-20(16-29-25)19-8-11-26(33-2)27(15-19)34-3/h8-9,11-12,14-16,18,21H,4-7,10,13,17H2,1-3H3,(H,30,32). The van der Waals surface area contributed by atoms with Gasteiger partial charge in [0.1, 0.15) is 0 Å². The first-order valence-electron chi connectivity index (χ1n) is 12.2. The van der Waals surface area contributed by atoms with Crippen LogP contribution in [-0.2, 0) is 6.42 Å². The summed E-state index contributed by atoms with van der Waals surface area (Å²) >= 11 is 0. The fourth-order valence-electron chi connectivity index (χ4n) is 5.44. The molecule has 1 aromatic carbocycles. The zero-order chi connectivity index (χ0) is 23.7. The molecule has 178 valence electrons. The van der Waals surface area contributed by atoms with Gasteiger partial charge in [0.15, 0.2) is 11.5 Å². The van der Waals surface area contributed by atoms with E-state index in [9.17, 15) is 4.79 Å². The number of rotatable bonds is 5. The van der Waals surface area contributed by atoms with Crippen molar-refractivity contribution < 1.29 is 14.3 Å². The number of pyridine rings is 1. The summed E-state index contributed by atoms with van der Waals surface area (Å²) < 4.78 is 10.9. The van der Waals surface area contributed by atoms with Crippen molar-refractivity contribution in [1.29, 1.82) is 0 Å². The number of aromatic nitrogens is 1. The zero-order valence-electron chi connectivity index (χ0n) is 20.3. The fourth-order valence-corrected chi connectivity index (χ4v) is 5.44. The van der Waals surface area contributed by atoms with Crippen molar-refractivity contribution in [3.8, 4) is 22.6 Å². The van der Waals surface area contributed by atoms with Gasteiger partial charge in [0.05, 0.1) is 19.9 Å². The maximum absolute atomic E-state index is 12.8. The number of allylic oxidation sites excluding steroid dienone is 2. The number of benzene rings is 1. The monoisotopic (exact) mass is 459 g/mol. The first kappa shape index (κ1) is 22.5. The molecule has 2 aliphatic carbocycles. The second-order valence-electron chi connectivity index (χ2n) is 9.51. The van der Waals surface area contributed by atoms with Gasteiger partial charge in [-0.15, -0.1) is 0 Å². The number of nitrogens with zero attached hydrogens (tertiary/aromatic N) is 2. The molecule has 2 heterocycles. The van der Waals surface area contributed by atoms with Gasteiger partial charge in [-0.2, -0.15) is 0 Å². The van der Waals surface area contributed by atoms with Gasteiger partial charge in [-0.05, 0) is 53.7 Å². The second kappa shape index (κ2) is 9.53. The molecule has 34 heavy (non-hydrogen) atoms. The molecule has 1 aliphatic heterocycles. The van der Waals surface area contributed by atoms with E-state index in [0.717, 1.165) is 42.6 Å². The first-order valence-corrected chi connectivity index (χ1v) is 12.2. The Morgan fingerprint density at radius 2 is 1.85 bits per heavy atom. The number of hydrogen-bond acceptors (Lipinski definition) is 4. The third-order valence-electron chi connectivity index (χ3n) is 7.31. The highest BCUT2D eigenvalue weighted by molar-refractivity contribution is 5.86. The normalized spacial score (nSPS) is 20.0. The Kier molecular flexibility index (Phi) is 6.31. The van der Waals surface area contributed by atoms with Crippen LogP contribution >= 0.6 is 0 Å². The molecule has 1 saturated carbocycles. The molecule has 0 spiro atoms. The molecule has 0 bridgehead atoms. The zero-order valence-corrected chi connectivity index (χ0v) is 20.3. The van der Waals surface area contributed by atoms with E-state index in [-0.39, 0.29) is 11.9 Å². The minimum Gasteiger partial charge on any atom is -0.493 e. The van der Waals surface area contributed by atoms with E-state index < -0.39 is 0 Å². The Labute approximate surface area is 201 Å². The Hall–Kier alpha value is -3.28. The lowest BCUT2D eigenvalue weighted by atomic mass is 9.87. The highest BCUT2D eigenvalue weighted by atomic mass is 16.5. The fraction of sp³-hybridized carbons (Fsp3) is 0.429. The van der Waals surface area contributed by atoms with Gasteiger partial charge >= 0.3 is 6.03 Å². The van der Waals surface area contributed by atoms with Gasteiger partial charge in [-0.3, -0.25) is 4.98 Å². The van der Waals surface area contributed by atoms with Crippen molar-refractivity contribution in [2.24, 2.45) is 5.92 Å². The van der Waals surface area contributed by atoms with Gasteiger partial charge in [0, 0.05) is 42.9 Å². The van der Waals surface area contributed by atoms with E-state index in [0.29, 0.717) is 24.1 Å². The van der Waals surface area contributed by atoms with Crippen molar-refractivity contribution in [1.82, 2.24) is 15.2 Å². The average molecular weight is 460 g/mol. The molecule has 0 saturated heterocycles. The van der Waals surface area contributed by atoms with Crippen molar-refractivity contribution in [3.63, 3.8) is 0 Å². The average Bonchev–Trinajstić information content (AvgIpc) is 3.53. The summed E-state index contributed by atoms with van der Waals surface area (Å²) in [6.45, 7) is 3.60. The van der Waals surface area contributed by atoms with Crippen molar-refractivity contribution >= 4 is 11.6 Å². The number of ether oxygens (including phenoxy) is 2. The Balaban J connectivity index is 1.36. The molecule has 6 nitrogen and oxygen atoms in total. The molecule has 2 aromatic rings. The largest absolute Gasteiger partial charge is 0.493 e. The molecule has 1 unspecified atom stereocenters. The van der Waals surface area contributed by atoms with Crippen LogP contribution in [-0.4, -0.2) is 49.3 Å². The minimum atomic E-state index is 0.0762. The van der Waals surface area contributed by atoms with Crippen molar-refractivity contribution in [2.75, 3.05) is 27.3 Å². The number of amides is 2. The number of carbonyl (C=O) groups is 1. The van der Waals surface area contributed by atoms with E-state index in [1.807, 2.05) is 29.3 Å². The van der Waals surface area contributed by atoms with E-state index in [1.54, 1.807) is 14.2 Å². The molecule has 1 fully saturated rings. The molecule has 0 radical (unpaired) electrons. The van der Waals surface area contributed by atoms with Crippen LogP contribution in [0.5, 0.6) is 11.5 Å². The number of fused-ring (bicyclic) bond motifs is 1. The van der Waals surface area contributed by atoms with E-state index in [4.69, 9.17) is 14.5 Å². The highest BCUT2D eigenvalue weighted by Crippen LogP contribution is 2.39. The van der Waals surface area contributed by atoms with Crippen LogP contribution in [0.25, 0.3) is 16.7 Å². The van der Waals surface area contributed by atoms with E-state index in [2.05, 4.69) is 30.5 Å². The van der Waals surface area contributed by atoms with Crippen molar-refractivity contribution in [2.45, 2.75) is 45.1 Å². The topological polar surface area (TPSA) is 63.7 Å². The van der Waals surface area contributed by atoms with Crippen LogP contribution < -0.4 is 14.8 Å². The van der Waals surface area contributed by atoms with Gasteiger partial charge in [0.25, 0.3) is 0 Å². The predicted octanol–water partition coefficient (Wildman–Crippen LogP) is 5.24. The lowest BCUT2D eigenvalue weighted by Crippen LogP contribution is -2.47. The Bertz CT molecular complexity index is 1150. The summed E-state index contributed by atoms with van der Waals surface area (Å²) in [6, 6.07) is 8.60. The molecule has 3 aliphatic rings. The summed E-state index contributed by atoms with van der Waals surface area (Å²) in [6.07, 6.45) is 11.9. The third-order valence-corrected chi connectivity index (χ3v) is 7.31. The molecular formula is C28H33N3O3. The van der Waals surface area contributed by atoms with Gasteiger partial charge in [0.2, 0.25) is 0 Å².